The van der Waals surface area contributed by atoms with Crippen molar-refractivity contribution in [2.45, 2.75) is 6.92 Å². The lowest BCUT2D eigenvalue weighted by Gasteiger charge is -1.99. The molecule has 1 aromatic heterocycles. The molecule has 0 amide bonds. The fourth-order valence-corrected chi connectivity index (χ4v) is 1.39. The molecule has 0 radical (unpaired) electrons. The molecule has 0 aliphatic rings. The Morgan fingerprint density at radius 1 is 1.40 bits per heavy atom. The zero-order chi connectivity index (χ0) is 10.8. The summed E-state index contributed by atoms with van der Waals surface area (Å²) in [4.78, 5) is 11.4. The summed E-state index contributed by atoms with van der Waals surface area (Å²) in [5.41, 5.74) is 1.39. The Kier molecular flexibility index (Phi) is 2.55. The third-order valence-corrected chi connectivity index (χ3v) is 2.01. The number of carbonyl (C=O) groups is 1. The van der Waals surface area contributed by atoms with E-state index in [1.54, 1.807) is 25.1 Å². The van der Waals surface area contributed by atoms with Crippen molar-refractivity contribution in [3.8, 4) is 0 Å². The highest BCUT2D eigenvalue weighted by molar-refractivity contribution is 7.71. The number of rotatable bonds is 2. The van der Waals surface area contributed by atoms with E-state index in [-0.39, 0.29) is 10.9 Å². The lowest BCUT2D eigenvalue weighted by Crippen LogP contribution is -2.03. The molecular formula is C10H8O4S. The van der Waals surface area contributed by atoms with Gasteiger partial charge in [0.25, 0.3) is 0 Å². The Hall–Kier alpha value is -1.62. The van der Waals surface area contributed by atoms with Gasteiger partial charge >= 0.3 is 10.9 Å². The minimum Gasteiger partial charge on any atom is -0.462 e. The molecule has 2 aromatic rings. The van der Waals surface area contributed by atoms with Crippen molar-refractivity contribution in [2.75, 3.05) is 6.61 Å². The first kappa shape index (κ1) is 9.92. The van der Waals surface area contributed by atoms with Crippen LogP contribution >= 0.6 is 12.2 Å². The minimum atomic E-state index is -0.387. The van der Waals surface area contributed by atoms with Crippen LogP contribution in [0, 0.1) is 4.90 Å². The highest BCUT2D eigenvalue weighted by Crippen LogP contribution is 2.18. The largest absolute Gasteiger partial charge is 0.462 e. The molecule has 15 heavy (non-hydrogen) atoms. The fraction of sp³-hybridized carbons (Fsp3) is 0.200. The van der Waals surface area contributed by atoms with Crippen molar-refractivity contribution < 1.29 is 18.4 Å². The molecule has 2 rings (SSSR count). The van der Waals surface area contributed by atoms with Crippen LogP contribution < -0.4 is 0 Å². The minimum absolute atomic E-state index is 0.0472. The first-order valence-electron chi connectivity index (χ1n) is 4.41. The zero-order valence-corrected chi connectivity index (χ0v) is 8.80. The lowest BCUT2D eigenvalue weighted by atomic mass is 10.2. The van der Waals surface area contributed by atoms with Crippen LogP contribution in [0.15, 0.2) is 27.0 Å². The van der Waals surface area contributed by atoms with Crippen LogP contribution in [-0.4, -0.2) is 12.6 Å². The maximum atomic E-state index is 11.4. The second-order valence-corrected chi connectivity index (χ2v) is 3.17. The van der Waals surface area contributed by atoms with Crippen LogP contribution in [0.5, 0.6) is 0 Å². The van der Waals surface area contributed by atoms with Gasteiger partial charge in [-0.15, -0.1) is 0 Å². The number of fused-ring (bicyclic) bond motifs is 1. The van der Waals surface area contributed by atoms with Crippen LogP contribution in [0.4, 0.5) is 0 Å². The summed E-state index contributed by atoms with van der Waals surface area (Å²) in [7, 11) is 0. The standard InChI is InChI=1S/C10H8O4S/c1-2-12-9(11)6-3-4-7-8(5-6)14-10(15)13-7/h3-5H,2H2,1H3. The second kappa shape index (κ2) is 3.86. The van der Waals surface area contributed by atoms with Crippen LogP contribution in [0.3, 0.4) is 0 Å². The third kappa shape index (κ3) is 1.92. The predicted octanol–water partition coefficient (Wildman–Crippen LogP) is 2.93. The number of ether oxygens (including phenoxy) is 1. The summed E-state index contributed by atoms with van der Waals surface area (Å²) < 4.78 is 15.0. The summed E-state index contributed by atoms with van der Waals surface area (Å²) in [5, 5.41) is 0. The molecule has 5 heteroatoms. The van der Waals surface area contributed by atoms with Crippen LogP contribution in [0.25, 0.3) is 11.2 Å². The van der Waals surface area contributed by atoms with E-state index in [0.717, 1.165) is 0 Å². The number of carbonyl (C=O) groups excluding carboxylic acids is 1. The lowest BCUT2D eigenvalue weighted by molar-refractivity contribution is 0.0526. The van der Waals surface area contributed by atoms with Gasteiger partial charge in [0.15, 0.2) is 11.2 Å². The molecular weight excluding hydrogens is 216 g/mol. The van der Waals surface area contributed by atoms with Gasteiger partial charge in [0.05, 0.1) is 12.2 Å². The van der Waals surface area contributed by atoms with Crippen LogP contribution in [-0.2, 0) is 4.74 Å². The Morgan fingerprint density at radius 3 is 2.87 bits per heavy atom. The van der Waals surface area contributed by atoms with Gasteiger partial charge in [-0.25, -0.2) is 4.79 Å². The molecule has 0 fully saturated rings. The van der Waals surface area contributed by atoms with E-state index in [9.17, 15) is 4.79 Å². The normalized spacial score (nSPS) is 10.5. The first-order chi connectivity index (χ1) is 7.20. The quantitative estimate of drug-likeness (QED) is 0.579. The van der Waals surface area contributed by atoms with Crippen molar-refractivity contribution >= 4 is 29.4 Å². The zero-order valence-electron chi connectivity index (χ0n) is 7.98. The van der Waals surface area contributed by atoms with Crippen LogP contribution in [0.2, 0.25) is 0 Å². The maximum Gasteiger partial charge on any atom is 0.363 e. The summed E-state index contributed by atoms with van der Waals surface area (Å²) in [5.74, 6) is -0.387. The van der Waals surface area contributed by atoms with Crippen molar-refractivity contribution in [2.24, 2.45) is 0 Å². The summed E-state index contributed by atoms with van der Waals surface area (Å²) >= 11 is 4.72. The molecule has 0 saturated carbocycles. The molecule has 0 N–H and O–H groups in total. The van der Waals surface area contributed by atoms with Gasteiger partial charge in [0.2, 0.25) is 0 Å². The number of esters is 1. The van der Waals surface area contributed by atoms with Crippen molar-refractivity contribution in [1.29, 1.82) is 0 Å². The van der Waals surface area contributed by atoms with Gasteiger partial charge in [0, 0.05) is 12.2 Å². The Balaban J connectivity index is 2.46. The Bertz CT molecular complexity index is 552. The molecule has 78 valence electrons. The molecule has 0 spiro atoms. The molecule has 4 nitrogen and oxygen atoms in total. The molecule has 0 unspecified atom stereocenters. The summed E-state index contributed by atoms with van der Waals surface area (Å²) in [6, 6.07) is 4.78. The average Bonchev–Trinajstić information content (AvgIpc) is 2.57. The number of hydrogen-bond donors (Lipinski definition) is 0. The topological polar surface area (TPSA) is 52.6 Å². The molecule has 1 heterocycles. The molecule has 0 aliphatic heterocycles. The fourth-order valence-electron chi connectivity index (χ4n) is 1.21. The van der Waals surface area contributed by atoms with Gasteiger partial charge < -0.3 is 13.6 Å². The molecule has 0 atom stereocenters. The van der Waals surface area contributed by atoms with E-state index in [4.69, 9.17) is 25.8 Å². The van der Waals surface area contributed by atoms with Gasteiger partial charge in [0.1, 0.15) is 0 Å². The van der Waals surface area contributed by atoms with Gasteiger partial charge in [-0.3, -0.25) is 0 Å². The molecule has 0 saturated heterocycles. The predicted molar refractivity (Wildman–Crippen MR) is 55.3 cm³/mol. The highest BCUT2D eigenvalue weighted by atomic mass is 32.1. The summed E-state index contributed by atoms with van der Waals surface area (Å²) in [6.07, 6.45) is 0. The number of hydrogen-bond acceptors (Lipinski definition) is 5. The van der Waals surface area contributed by atoms with Crippen molar-refractivity contribution in [3.63, 3.8) is 0 Å². The van der Waals surface area contributed by atoms with Gasteiger partial charge in [-0.1, -0.05) is 0 Å². The van der Waals surface area contributed by atoms with E-state index in [1.165, 1.54) is 0 Å². The monoisotopic (exact) mass is 224 g/mol. The highest BCUT2D eigenvalue weighted by Gasteiger charge is 2.09. The SMILES string of the molecule is CCOC(=O)c1ccc2oc(=S)oc2c1. The Morgan fingerprint density at radius 2 is 2.13 bits per heavy atom. The first-order valence-corrected chi connectivity index (χ1v) is 4.82. The van der Waals surface area contributed by atoms with Crippen LogP contribution in [0.1, 0.15) is 17.3 Å². The Labute approximate surface area is 90.4 Å². The second-order valence-electron chi connectivity index (χ2n) is 2.84. The average molecular weight is 224 g/mol. The number of benzene rings is 1. The molecule has 1 aromatic carbocycles. The molecule has 0 aliphatic carbocycles. The van der Waals surface area contributed by atoms with Crippen molar-refractivity contribution in [3.05, 3.63) is 28.7 Å². The van der Waals surface area contributed by atoms with Gasteiger partial charge in [-0.05, 0) is 25.1 Å². The van der Waals surface area contributed by atoms with E-state index in [1.807, 2.05) is 0 Å². The van der Waals surface area contributed by atoms with E-state index in [2.05, 4.69) is 0 Å². The van der Waals surface area contributed by atoms with E-state index < -0.39 is 0 Å². The van der Waals surface area contributed by atoms with Gasteiger partial charge in [-0.2, -0.15) is 0 Å². The van der Waals surface area contributed by atoms with E-state index >= 15 is 0 Å². The smallest absolute Gasteiger partial charge is 0.363 e. The molecule has 0 bridgehead atoms. The van der Waals surface area contributed by atoms with E-state index in [0.29, 0.717) is 23.3 Å². The maximum absolute atomic E-state index is 11.4. The third-order valence-electron chi connectivity index (χ3n) is 1.84. The van der Waals surface area contributed by atoms with Crippen molar-refractivity contribution in [1.82, 2.24) is 0 Å². The summed E-state index contributed by atoms with van der Waals surface area (Å²) in [6.45, 7) is 2.09.